The van der Waals surface area contributed by atoms with Crippen LogP contribution in [0.4, 0.5) is 22.7 Å². The molecule has 0 N–H and O–H groups in total. The van der Waals surface area contributed by atoms with Gasteiger partial charge < -0.3 is 9.80 Å². The Morgan fingerprint density at radius 1 is 0.450 bits per heavy atom. The largest absolute Gasteiger partial charge is 0.341 e. The minimum atomic E-state index is -0.103. The van der Waals surface area contributed by atoms with Crippen molar-refractivity contribution in [3.63, 3.8) is 0 Å². The van der Waals surface area contributed by atoms with Gasteiger partial charge in [0.2, 0.25) is 0 Å². The molecule has 2 aliphatic heterocycles. The zero-order chi connectivity index (χ0) is 41.0. The molecule has 0 saturated carbocycles. The molecule has 0 spiro atoms. The molecule has 4 aliphatic rings. The summed E-state index contributed by atoms with van der Waals surface area (Å²) in [6, 6.07) is 55.5. The Hall–Kier alpha value is -6.12. The van der Waals surface area contributed by atoms with Crippen molar-refractivity contribution < 1.29 is 0 Å². The van der Waals surface area contributed by atoms with Crippen molar-refractivity contribution in [3.8, 4) is 33.4 Å². The lowest BCUT2D eigenvalue weighted by atomic mass is 9.81. The summed E-state index contributed by atoms with van der Waals surface area (Å²) in [6.45, 7) is 15.4. The summed E-state index contributed by atoms with van der Waals surface area (Å²) < 4.78 is 0. The smallest absolute Gasteiger partial charge is 0.0448 e. The van der Waals surface area contributed by atoms with Gasteiger partial charge in [-0.2, -0.15) is 0 Å². The van der Waals surface area contributed by atoms with Gasteiger partial charge in [-0.15, -0.1) is 0 Å². The average Bonchev–Trinajstić information content (AvgIpc) is 3.63. The highest BCUT2D eigenvalue weighted by Crippen LogP contribution is 2.53. The highest BCUT2D eigenvalue weighted by Gasteiger charge is 2.39. The maximum absolute atomic E-state index is 2.59. The van der Waals surface area contributed by atoms with Crippen molar-refractivity contribution in [3.05, 3.63) is 190 Å². The molecule has 0 atom stereocenters. The van der Waals surface area contributed by atoms with E-state index in [1.54, 1.807) is 0 Å². The van der Waals surface area contributed by atoms with Gasteiger partial charge in [-0.3, -0.25) is 0 Å². The van der Waals surface area contributed by atoms with E-state index in [1.165, 1.54) is 107 Å². The van der Waals surface area contributed by atoms with Crippen LogP contribution in [0.2, 0.25) is 0 Å². The zero-order valence-electron chi connectivity index (χ0n) is 35.9. The molecule has 7 aromatic rings. The van der Waals surface area contributed by atoms with Crippen molar-refractivity contribution in [1.82, 2.24) is 0 Å². The Morgan fingerprint density at radius 3 is 1.60 bits per heavy atom. The lowest BCUT2D eigenvalue weighted by Gasteiger charge is -2.45. The summed E-state index contributed by atoms with van der Waals surface area (Å²) in [5.74, 6) is 0. The molecule has 60 heavy (non-hydrogen) atoms. The third-order valence-electron chi connectivity index (χ3n) is 14.6. The van der Waals surface area contributed by atoms with Crippen LogP contribution in [0.1, 0.15) is 98.9 Å². The predicted octanol–water partition coefficient (Wildman–Crippen LogP) is 15.1. The molecule has 11 rings (SSSR count). The van der Waals surface area contributed by atoms with E-state index in [0.717, 1.165) is 25.8 Å². The van der Waals surface area contributed by atoms with E-state index in [-0.39, 0.29) is 16.4 Å². The fourth-order valence-corrected chi connectivity index (χ4v) is 11.2. The quantitative estimate of drug-likeness (QED) is 0.161. The molecular weight excluding hydrogens is 725 g/mol. The van der Waals surface area contributed by atoms with Crippen molar-refractivity contribution >= 4 is 34.9 Å². The lowest BCUT2D eigenvalue weighted by Crippen LogP contribution is -2.44. The highest BCUT2D eigenvalue weighted by molar-refractivity contribution is 5.88. The zero-order valence-corrected chi connectivity index (χ0v) is 35.9. The lowest BCUT2D eigenvalue weighted by molar-refractivity contribution is 0.447. The molecule has 0 unspecified atom stereocenters. The first kappa shape index (κ1) is 36.9. The van der Waals surface area contributed by atoms with Gasteiger partial charge in [-0.25, -0.2) is 0 Å². The molecule has 296 valence electrons. The number of anilines is 4. The van der Waals surface area contributed by atoms with E-state index in [9.17, 15) is 0 Å². The molecule has 2 aliphatic carbocycles. The second-order valence-corrected chi connectivity index (χ2v) is 19.4. The number of rotatable bonds is 5. The number of aryl methyl sites for hydroxylation is 2. The van der Waals surface area contributed by atoms with Gasteiger partial charge in [0.15, 0.2) is 0 Å². The first-order valence-electron chi connectivity index (χ1n) is 22.1. The topological polar surface area (TPSA) is 6.48 Å². The SMILES string of the molecule is CC1(C)c2cc(C=Cc3ccc4c(c3)C(C)(C)c3cc(N5c6ccccc6CCC5(C)C)ccc3-4)ccc2-c2ccc(-c3ccc(N4CCCc5ccccc54)cc3)cc21. The Bertz CT molecular complexity index is 2890. The monoisotopic (exact) mass is 778 g/mol. The Labute approximate surface area is 356 Å². The minimum Gasteiger partial charge on any atom is -0.341 e. The first-order valence-corrected chi connectivity index (χ1v) is 22.1. The van der Waals surface area contributed by atoms with Crippen LogP contribution in [0.15, 0.2) is 146 Å². The number of fused-ring (bicyclic) bond motifs is 8. The molecule has 2 heterocycles. The standard InChI is InChI=1S/C58H54N2/c1-56(2)32-31-42-13-8-10-16-55(42)60(56)45-26-30-49-47-28-20-39(35-51(47)58(5,6)53(49)37-45)18-17-38-19-27-46-48-29-23-43(36-52(48)57(3,4)50(46)34-38)40-21-24-44(25-22-40)59-33-11-14-41-12-7-9-15-54(41)59/h7-10,12-13,15-30,34-37H,11,14,31-33H2,1-6H3. The van der Waals surface area contributed by atoms with Crippen LogP contribution in [-0.4, -0.2) is 12.1 Å². The minimum absolute atomic E-state index is 0.0446. The Morgan fingerprint density at radius 2 is 0.950 bits per heavy atom. The van der Waals surface area contributed by atoms with Crippen LogP contribution in [0.3, 0.4) is 0 Å². The van der Waals surface area contributed by atoms with Gasteiger partial charge >= 0.3 is 0 Å². The van der Waals surface area contributed by atoms with E-state index in [1.807, 2.05) is 0 Å². The van der Waals surface area contributed by atoms with E-state index in [2.05, 4.69) is 209 Å². The molecule has 0 aromatic heterocycles. The summed E-state index contributed by atoms with van der Waals surface area (Å²) >= 11 is 0. The summed E-state index contributed by atoms with van der Waals surface area (Å²) in [5, 5.41) is 0. The maximum atomic E-state index is 2.59. The molecular formula is C58H54N2. The second-order valence-electron chi connectivity index (χ2n) is 19.4. The molecule has 0 radical (unpaired) electrons. The van der Waals surface area contributed by atoms with Crippen molar-refractivity contribution in [1.29, 1.82) is 0 Å². The normalized spacial score (nSPS) is 17.4. The molecule has 0 amide bonds. The fourth-order valence-electron chi connectivity index (χ4n) is 11.2. The summed E-state index contributed by atoms with van der Waals surface area (Å²) in [7, 11) is 0. The van der Waals surface area contributed by atoms with Crippen LogP contribution in [-0.2, 0) is 23.7 Å². The average molecular weight is 779 g/mol. The van der Waals surface area contributed by atoms with Gasteiger partial charge in [0, 0.05) is 45.7 Å². The molecule has 0 bridgehead atoms. The molecule has 0 saturated heterocycles. The third-order valence-corrected chi connectivity index (χ3v) is 14.6. The summed E-state index contributed by atoms with van der Waals surface area (Å²) in [5.41, 5.74) is 24.1. The summed E-state index contributed by atoms with van der Waals surface area (Å²) in [4.78, 5) is 5.06. The van der Waals surface area contributed by atoms with Gasteiger partial charge in [-0.1, -0.05) is 143 Å². The van der Waals surface area contributed by atoms with E-state index >= 15 is 0 Å². The fraction of sp³-hybridized carbons (Fsp3) is 0.241. The maximum Gasteiger partial charge on any atom is 0.0448 e. The van der Waals surface area contributed by atoms with Crippen LogP contribution in [0.5, 0.6) is 0 Å². The Balaban J connectivity index is 0.844. The number of para-hydroxylation sites is 2. The number of hydrogen-bond donors (Lipinski definition) is 0. The van der Waals surface area contributed by atoms with E-state index in [0.29, 0.717) is 0 Å². The van der Waals surface area contributed by atoms with Gasteiger partial charge in [0.25, 0.3) is 0 Å². The number of nitrogens with zero attached hydrogens (tertiary/aromatic N) is 2. The van der Waals surface area contributed by atoms with Gasteiger partial charge in [-0.05, 0) is 160 Å². The molecule has 2 heteroatoms. The first-order chi connectivity index (χ1) is 29.0. The van der Waals surface area contributed by atoms with Crippen molar-refractivity contribution in [2.24, 2.45) is 0 Å². The highest BCUT2D eigenvalue weighted by atomic mass is 15.2. The molecule has 0 fully saturated rings. The van der Waals surface area contributed by atoms with Crippen LogP contribution in [0, 0.1) is 0 Å². The molecule has 7 aromatic carbocycles. The van der Waals surface area contributed by atoms with Crippen LogP contribution < -0.4 is 9.80 Å². The second kappa shape index (κ2) is 13.4. The van der Waals surface area contributed by atoms with Gasteiger partial charge in [0.05, 0.1) is 0 Å². The number of benzene rings is 7. The number of hydrogen-bond acceptors (Lipinski definition) is 2. The van der Waals surface area contributed by atoms with Crippen molar-refractivity contribution in [2.75, 3.05) is 16.3 Å². The Kier molecular flexibility index (Phi) is 8.27. The summed E-state index contributed by atoms with van der Waals surface area (Å²) in [6.07, 6.45) is 9.22. The van der Waals surface area contributed by atoms with E-state index < -0.39 is 0 Å². The van der Waals surface area contributed by atoms with E-state index in [4.69, 9.17) is 0 Å². The predicted molar refractivity (Wildman–Crippen MR) is 255 cm³/mol. The van der Waals surface area contributed by atoms with Crippen LogP contribution in [0.25, 0.3) is 45.5 Å². The third kappa shape index (κ3) is 5.75. The van der Waals surface area contributed by atoms with Crippen LogP contribution >= 0.6 is 0 Å². The van der Waals surface area contributed by atoms with Crippen molar-refractivity contribution in [2.45, 2.75) is 83.6 Å². The molecule has 2 nitrogen and oxygen atoms in total. The van der Waals surface area contributed by atoms with Gasteiger partial charge in [0.1, 0.15) is 0 Å².